The minimum absolute atomic E-state index is 0.249. The Morgan fingerprint density at radius 1 is 1.27 bits per heavy atom. The minimum Gasteiger partial charge on any atom is -0.225 e. The van der Waals surface area contributed by atoms with Crippen LogP contribution >= 0.6 is 0 Å². The number of hydrogen-bond acceptors (Lipinski definition) is 2. The lowest BCUT2D eigenvalue weighted by atomic mass is 9.85. The highest BCUT2D eigenvalue weighted by molar-refractivity contribution is 7.93. The van der Waals surface area contributed by atoms with Crippen LogP contribution in [0.5, 0.6) is 0 Å². The SMILES string of the molecule is CC(C)(C)CC1=CC=C(S(N)(=O)=O)CC1. The Hall–Kier alpha value is -0.610. The van der Waals surface area contributed by atoms with Crippen molar-refractivity contribution in [1.29, 1.82) is 0 Å². The molecule has 86 valence electrons. The van der Waals surface area contributed by atoms with Gasteiger partial charge in [0.1, 0.15) is 0 Å². The Balaban J connectivity index is 2.78. The first-order valence-electron chi connectivity index (χ1n) is 5.10. The molecule has 0 aliphatic heterocycles. The van der Waals surface area contributed by atoms with Crippen LogP contribution in [0.25, 0.3) is 0 Å². The van der Waals surface area contributed by atoms with Crippen LogP contribution in [0.1, 0.15) is 40.0 Å². The molecule has 1 aliphatic carbocycles. The standard InChI is InChI=1S/C11H19NO2S/c1-11(2,3)8-9-4-6-10(7-5-9)15(12,13)14/h4,6H,5,7-8H2,1-3H3,(H2,12,13,14). The Morgan fingerprint density at radius 3 is 2.20 bits per heavy atom. The number of sulfonamides is 1. The summed E-state index contributed by atoms with van der Waals surface area (Å²) in [6, 6.07) is 0. The van der Waals surface area contributed by atoms with Gasteiger partial charge in [-0.25, -0.2) is 13.6 Å². The van der Waals surface area contributed by atoms with E-state index < -0.39 is 10.0 Å². The van der Waals surface area contributed by atoms with Gasteiger partial charge >= 0.3 is 0 Å². The van der Waals surface area contributed by atoms with Crippen LogP contribution in [0.4, 0.5) is 0 Å². The monoisotopic (exact) mass is 229 g/mol. The van der Waals surface area contributed by atoms with Gasteiger partial charge in [0.2, 0.25) is 10.0 Å². The maximum atomic E-state index is 11.1. The van der Waals surface area contributed by atoms with E-state index in [0.29, 0.717) is 11.3 Å². The van der Waals surface area contributed by atoms with Crippen molar-refractivity contribution in [3.8, 4) is 0 Å². The van der Waals surface area contributed by atoms with E-state index in [9.17, 15) is 8.42 Å². The second-order valence-electron chi connectivity index (χ2n) is 5.24. The summed E-state index contributed by atoms with van der Waals surface area (Å²) in [5.74, 6) is 0. The third-order valence-electron chi connectivity index (χ3n) is 2.32. The quantitative estimate of drug-likeness (QED) is 0.790. The van der Waals surface area contributed by atoms with E-state index in [0.717, 1.165) is 12.8 Å². The van der Waals surface area contributed by atoms with Crippen molar-refractivity contribution in [1.82, 2.24) is 0 Å². The Bertz CT molecular complexity index is 397. The summed E-state index contributed by atoms with van der Waals surface area (Å²) < 4.78 is 22.1. The fraction of sp³-hybridized carbons (Fsp3) is 0.636. The third-order valence-corrected chi connectivity index (χ3v) is 3.39. The van der Waals surface area contributed by atoms with Crippen molar-refractivity contribution in [3.05, 3.63) is 22.6 Å². The van der Waals surface area contributed by atoms with Crippen molar-refractivity contribution >= 4 is 10.0 Å². The zero-order valence-electron chi connectivity index (χ0n) is 9.58. The molecule has 0 spiro atoms. The summed E-state index contributed by atoms with van der Waals surface area (Å²) in [7, 11) is -3.48. The van der Waals surface area contributed by atoms with Gasteiger partial charge in [-0.05, 0) is 30.8 Å². The molecule has 1 rings (SSSR count). The van der Waals surface area contributed by atoms with Gasteiger partial charge in [-0.15, -0.1) is 0 Å². The van der Waals surface area contributed by atoms with E-state index in [1.165, 1.54) is 5.57 Å². The first-order chi connectivity index (χ1) is 6.68. The van der Waals surface area contributed by atoms with Crippen molar-refractivity contribution in [2.75, 3.05) is 0 Å². The van der Waals surface area contributed by atoms with Crippen molar-refractivity contribution in [2.24, 2.45) is 10.6 Å². The molecule has 3 nitrogen and oxygen atoms in total. The summed E-state index contributed by atoms with van der Waals surface area (Å²) in [6.45, 7) is 6.52. The van der Waals surface area contributed by atoms with Crippen LogP contribution in [-0.4, -0.2) is 8.42 Å². The van der Waals surface area contributed by atoms with Gasteiger partial charge in [0.25, 0.3) is 0 Å². The molecule has 2 N–H and O–H groups in total. The molecule has 0 radical (unpaired) electrons. The minimum atomic E-state index is -3.48. The average molecular weight is 229 g/mol. The van der Waals surface area contributed by atoms with Gasteiger partial charge in [0.05, 0.1) is 4.91 Å². The molecule has 0 atom stereocenters. The molecule has 0 saturated heterocycles. The Morgan fingerprint density at radius 2 is 1.87 bits per heavy atom. The number of hydrogen-bond donors (Lipinski definition) is 1. The zero-order valence-corrected chi connectivity index (χ0v) is 10.4. The molecule has 0 heterocycles. The van der Waals surface area contributed by atoms with Crippen LogP contribution in [0, 0.1) is 5.41 Å². The molecule has 0 fully saturated rings. The summed E-state index contributed by atoms with van der Waals surface area (Å²) in [4.78, 5) is 0.347. The second kappa shape index (κ2) is 4.10. The average Bonchev–Trinajstić information content (AvgIpc) is 2.00. The van der Waals surface area contributed by atoms with Crippen molar-refractivity contribution in [2.45, 2.75) is 40.0 Å². The summed E-state index contributed by atoms with van der Waals surface area (Å²) in [5.41, 5.74) is 1.55. The van der Waals surface area contributed by atoms with Gasteiger partial charge < -0.3 is 0 Å². The summed E-state index contributed by atoms with van der Waals surface area (Å²) >= 11 is 0. The topological polar surface area (TPSA) is 60.2 Å². The van der Waals surface area contributed by atoms with Crippen LogP contribution in [-0.2, 0) is 10.0 Å². The van der Waals surface area contributed by atoms with Gasteiger partial charge in [0, 0.05) is 0 Å². The smallest absolute Gasteiger partial charge is 0.225 e. The molecular weight excluding hydrogens is 210 g/mol. The maximum Gasteiger partial charge on any atom is 0.234 e. The Labute approximate surface area is 92.1 Å². The van der Waals surface area contributed by atoms with Crippen LogP contribution in [0.2, 0.25) is 0 Å². The van der Waals surface area contributed by atoms with Crippen molar-refractivity contribution < 1.29 is 8.42 Å². The van der Waals surface area contributed by atoms with E-state index in [-0.39, 0.29) is 5.41 Å². The molecule has 0 unspecified atom stereocenters. The van der Waals surface area contributed by atoms with E-state index in [2.05, 4.69) is 20.8 Å². The zero-order chi connectivity index (χ0) is 11.7. The summed E-state index contributed by atoms with van der Waals surface area (Å²) in [5, 5.41) is 5.06. The van der Waals surface area contributed by atoms with Crippen molar-refractivity contribution in [3.63, 3.8) is 0 Å². The molecule has 0 aromatic rings. The van der Waals surface area contributed by atoms with Gasteiger partial charge in [-0.1, -0.05) is 32.4 Å². The molecule has 0 saturated carbocycles. The first kappa shape index (κ1) is 12.5. The highest BCUT2D eigenvalue weighted by Gasteiger charge is 2.18. The fourth-order valence-corrected chi connectivity index (χ4v) is 2.37. The molecule has 0 bridgehead atoms. The highest BCUT2D eigenvalue weighted by atomic mass is 32.2. The maximum absolute atomic E-state index is 11.1. The van der Waals surface area contributed by atoms with Gasteiger partial charge in [0.15, 0.2) is 0 Å². The predicted molar refractivity (Wildman–Crippen MR) is 62.6 cm³/mol. The summed E-state index contributed by atoms with van der Waals surface area (Å²) in [6.07, 6.45) is 5.88. The lowest BCUT2D eigenvalue weighted by molar-refractivity contribution is 0.403. The number of primary sulfonamides is 1. The molecular formula is C11H19NO2S. The van der Waals surface area contributed by atoms with Crippen LogP contribution < -0.4 is 5.14 Å². The molecule has 0 amide bonds. The van der Waals surface area contributed by atoms with Crippen LogP contribution in [0.3, 0.4) is 0 Å². The Kier molecular flexibility index (Phi) is 3.41. The lowest BCUT2D eigenvalue weighted by Gasteiger charge is -2.22. The normalized spacial score (nSPS) is 18.4. The van der Waals surface area contributed by atoms with E-state index >= 15 is 0 Å². The van der Waals surface area contributed by atoms with E-state index in [1.54, 1.807) is 6.08 Å². The predicted octanol–water partition coefficient (Wildman–Crippen LogP) is 2.32. The molecule has 15 heavy (non-hydrogen) atoms. The largest absolute Gasteiger partial charge is 0.234 e. The highest BCUT2D eigenvalue weighted by Crippen LogP contribution is 2.30. The van der Waals surface area contributed by atoms with E-state index in [1.807, 2.05) is 6.08 Å². The van der Waals surface area contributed by atoms with E-state index in [4.69, 9.17) is 5.14 Å². The van der Waals surface area contributed by atoms with Gasteiger partial charge in [-0.3, -0.25) is 0 Å². The fourth-order valence-electron chi connectivity index (χ4n) is 1.73. The lowest BCUT2D eigenvalue weighted by Crippen LogP contribution is -2.16. The number of nitrogens with two attached hydrogens (primary N) is 1. The molecule has 0 aromatic heterocycles. The second-order valence-corrected chi connectivity index (χ2v) is 6.85. The molecule has 4 heteroatoms. The first-order valence-corrected chi connectivity index (χ1v) is 6.64. The van der Waals surface area contributed by atoms with Gasteiger partial charge in [-0.2, -0.15) is 0 Å². The number of allylic oxidation sites excluding steroid dienone is 4. The number of rotatable bonds is 2. The molecule has 0 aromatic carbocycles. The van der Waals surface area contributed by atoms with Crippen LogP contribution in [0.15, 0.2) is 22.6 Å². The third kappa shape index (κ3) is 4.18. The molecule has 1 aliphatic rings.